The number of hydrogen-bond acceptors (Lipinski definition) is 2. The van der Waals surface area contributed by atoms with Crippen molar-refractivity contribution < 1.29 is 18.3 Å². The molecule has 0 radical (unpaired) electrons. The molecule has 1 saturated carbocycles. The third-order valence-electron chi connectivity index (χ3n) is 3.31. The quantitative estimate of drug-likeness (QED) is 0.923. The summed E-state index contributed by atoms with van der Waals surface area (Å²) in [4.78, 5) is 12.0. The van der Waals surface area contributed by atoms with Gasteiger partial charge in [-0.1, -0.05) is 15.9 Å². The monoisotopic (exact) mass is 333 g/mol. The van der Waals surface area contributed by atoms with Crippen LogP contribution in [-0.2, 0) is 4.74 Å². The number of rotatable bonds is 3. The van der Waals surface area contributed by atoms with Crippen LogP contribution in [0, 0.1) is 11.6 Å². The van der Waals surface area contributed by atoms with Gasteiger partial charge in [-0.2, -0.15) is 0 Å². The Morgan fingerprint density at radius 1 is 1.37 bits per heavy atom. The average Bonchev–Trinajstić information content (AvgIpc) is 2.74. The van der Waals surface area contributed by atoms with Crippen LogP contribution in [0.5, 0.6) is 0 Å². The van der Waals surface area contributed by atoms with Crippen LogP contribution in [0.15, 0.2) is 16.6 Å². The van der Waals surface area contributed by atoms with Gasteiger partial charge in [0.25, 0.3) is 5.91 Å². The van der Waals surface area contributed by atoms with Crippen LogP contribution < -0.4 is 5.32 Å². The van der Waals surface area contributed by atoms with Gasteiger partial charge in [0, 0.05) is 11.6 Å². The van der Waals surface area contributed by atoms with Gasteiger partial charge in [-0.25, -0.2) is 8.78 Å². The molecule has 0 aromatic heterocycles. The van der Waals surface area contributed by atoms with E-state index in [9.17, 15) is 13.6 Å². The highest BCUT2D eigenvalue weighted by Crippen LogP contribution is 2.23. The minimum atomic E-state index is -0.878. The molecule has 1 N–H and O–H groups in total. The highest BCUT2D eigenvalue weighted by molar-refractivity contribution is 9.10. The van der Waals surface area contributed by atoms with Crippen molar-refractivity contribution in [3.63, 3.8) is 0 Å². The fourth-order valence-corrected chi connectivity index (χ4v) is 2.77. The fraction of sp³-hybridized carbons (Fsp3) is 0.462. The standard InChI is InChI=1S/C13H14BrF2NO2/c1-19-11-4-2-3-10(11)17-13(18)12-8(15)5-7(14)6-9(12)16/h5-6,10-11H,2-4H2,1H3,(H,17,18). The van der Waals surface area contributed by atoms with Crippen molar-refractivity contribution in [1.29, 1.82) is 0 Å². The number of hydrogen-bond donors (Lipinski definition) is 1. The van der Waals surface area contributed by atoms with E-state index in [0.29, 0.717) is 0 Å². The molecule has 1 fully saturated rings. The van der Waals surface area contributed by atoms with E-state index >= 15 is 0 Å². The molecule has 1 aromatic rings. The Morgan fingerprint density at radius 2 is 2.00 bits per heavy atom. The smallest absolute Gasteiger partial charge is 0.257 e. The van der Waals surface area contributed by atoms with Gasteiger partial charge in [-0.15, -0.1) is 0 Å². The highest BCUT2D eigenvalue weighted by Gasteiger charge is 2.30. The van der Waals surface area contributed by atoms with E-state index in [1.165, 1.54) is 0 Å². The lowest BCUT2D eigenvalue weighted by Gasteiger charge is -2.19. The van der Waals surface area contributed by atoms with Crippen LogP contribution in [0.2, 0.25) is 0 Å². The van der Waals surface area contributed by atoms with Crippen molar-refractivity contribution in [2.24, 2.45) is 0 Å². The molecule has 6 heteroatoms. The Labute approximate surface area is 118 Å². The Hall–Kier alpha value is -1.01. The van der Waals surface area contributed by atoms with Gasteiger partial charge in [0.2, 0.25) is 0 Å². The van der Waals surface area contributed by atoms with E-state index in [1.54, 1.807) is 7.11 Å². The maximum absolute atomic E-state index is 13.7. The summed E-state index contributed by atoms with van der Waals surface area (Å²) in [6.45, 7) is 0. The van der Waals surface area contributed by atoms with Crippen LogP contribution in [0.25, 0.3) is 0 Å². The molecule has 0 aliphatic heterocycles. The first-order valence-corrected chi connectivity index (χ1v) is 6.80. The van der Waals surface area contributed by atoms with Crippen molar-refractivity contribution in [3.8, 4) is 0 Å². The maximum Gasteiger partial charge on any atom is 0.257 e. The molecule has 19 heavy (non-hydrogen) atoms. The van der Waals surface area contributed by atoms with E-state index in [4.69, 9.17) is 4.74 Å². The summed E-state index contributed by atoms with van der Waals surface area (Å²) in [7, 11) is 1.57. The third-order valence-corrected chi connectivity index (χ3v) is 3.76. The van der Waals surface area contributed by atoms with Gasteiger partial charge in [-0.3, -0.25) is 4.79 Å². The summed E-state index contributed by atoms with van der Waals surface area (Å²) in [6.07, 6.45) is 2.43. The topological polar surface area (TPSA) is 38.3 Å². The van der Waals surface area contributed by atoms with E-state index in [0.717, 1.165) is 31.4 Å². The predicted octanol–water partition coefficient (Wildman–Crippen LogP) is 3.02. The second kappa shape index (κ2) is 5.96. The number of benzene rings is 1. The summed E-state index contributed by atoms with van der Waals surface area (Å²) in [5.41, 5.74) is -0.551. The molecule has 0 heterocycles. The van der Waals surface area contributed by atoms with Crippen molar-refractivity contribution in [3.05, 3.63) is 33.8 Å². The number of carbonyl (C=O) groups is 1. The summed E-state index contributed by atoms with van der Waals surface area (Å²) >= 11 is 2.97. The molecular formula is C13H14BrF2NO2. The lowest BCUT2D eigenvalue weighted by atomic mass is 10.1. The first-order valence-electron chi connectivity index (χ1n) is 6.01. The second-order valence-electron chi connectivity index (χ2n) is 4.53. The van der Waals surface area contributed by atoms with Gasteiger partial charge >= 0.3 is 0 Å². The van der Waals surface area contributed by atoms with Crippen LogP contribution in [0.1, 0.15) is 29.6 Å². The first-order chi connectivity index (χ1) is 9.02. The van der Waals surface area contributed by atoms with Gasteiger partial charge < -0.3 is 10.1 Å². The largest absolute Gasteiger partial charge is 0.379 e. The van der Waals surface area contributed by atoms with Crippen molar-refractivity contribution in [1.82, 2.24) is 5.32 Å². The molecule has 2 atom stereocenters. The first kappa shape index (κ1) is 14.4. The van der Waals surface area contributed by atoms with Crippen molar-refractivity contribution in [2.75, 3.05) is 7.11 Å². The van der Waals surface area contributed by atoms with Crippen LogP contribution in [-0.4, -0.2) is 25.2 Å². The van der Waals surface area contributed by atoms with Crippen LogP contribution in [0.3, 0.4) is 0 Å². The van der Waals surface area contributed by atoms with E-state index < -0.39 is 23.1 Å². The number of methoxy groups -OCH3 is 1. The molecule has 2 unspecified atom stereocenters. The minimum Gasteiger partial charge on any atom is -0.379 e. The molecule has 0 bridgehead atoms. The van der Waals surface area contributed by atoms with Gasteiger partial charge in [0.1, 0.15) is 17.2 Å². The average molecular weight is 334 g/mol. The lowest BCUT2D eigenvalue weighted by Crippen LogP contribution is -2.41. The number of nitrogens with one attached hydrogen (secondary N) is 1. The molecule has 1 amide bonds. The Balaban J connectivity index is 2.16. The number of halogens is 3. The SMILES string of the molecule is COC1CCCC1NC(=O)c1c(F)cc(Br)cc1F. The molecule has 0 saturated heterocycles. The van der Waals surface area contributed by atoms with Gasteiger partial charge in [0.15, 0.2) is 0 Å². The molecule has 1 aliphatic rings. The zero-order valence-corrected chi connectivity index (χ0v) is 12.0. The molecule has 2 rings (SSSR count). The number of amides is 1. The molecule has 104 valence electrons. The molecular weight excluding hydrogens is 320 g/mol. The summed E-state index contributed by atoms with van der Waals surface area (Å²) in [6, 6.07) is 1.95. The number of carbonyl (C=O) groups excluding carboxylic acids is 1. The molecule has 1 aromatic carbocycles. The second-order valence-corrected chi connectivity index (χ2v) is 5.45. The highest BCUT2D eigenvalue weighted by atomic mass is 79.9. The predicted molar refractivity (Wildman–Crippen MR) is 70.0 cm³/mol. The Bertz CT molecular complexity index is 473. The summed E-state index contributed by atoms with van der Waals surface area (Å²) < 4.78 is 32.8. The molecule has 0 spiro atoms. The fourth-order valence-electron chi connectivity index (χ4n) is 2.37. The normalized spacial score (nSPS) is 22.5. The van der Waals surface area contributed by atoms with Crippen molar-refractivity contribution in [2.45, 2.75) is 31.4 Å². The van der Waals surface area contributed by atoms with Crippen LogP contribution in [0.4, 0.5) is 8.78 Å². The zero-order valence-electron chi connectivity index (χ0n) is 10.4. The van der Waals surface area contributed by atoms with Gasteiger partial charge in [0.05, 0.1) is 12.1 Å². The van der Waals surface area contributed by atoms with E-state index in [2.05, 4.69) is 21.2 Å². The lowest BCUT2D eigenvalue weighted by molar-refractivity contribution is 0.0717. The Morgan fingerprint density at radius 3 is 2.58 bits per heavy atom. The molecule has 1 aliphatic carbocycles. The third kappa shape index (κ3) is 3.12. The maximum atomic E-state index is 13.7. The Kier molecular flexibility index (Phi) is 4.52. The molecule has 3 nitrogen and oxygen atoms in total. The van der Waals surface area contributed by atoms with Gasteiger partial charge in [-0.05, 0) is 31.4 Å². The minimum absolute atomic E-state index is 0.0921. The van der Waals surface area contributed by atoms with E-state index in [1.807, 2.05) is 0 Å². The number of ether oxygens (including phenoxy) is 1. The van der Waals surface area contributed by atoms with Crippen LogP contribution >= 0.6 is 15.9 Å². The summed E-state index contributed by atoms with van der Waals surface area (Å²) in [5, 5.41) is 2.64. The summed E-state index contributed by atoms with van der Waals surface area (Å²) in [5.74, 6) is -2.50. The van der Waals surface area contributed by atoms with E-state index in [-0.39, 0.29) is 16.6 Å². The zero-order chi connectivity index (χ0) is 14.0. The van der Waals surface area contributed by atoms with Crippen molar-refractivity contribution >= 4 is 21.8 Å².